The summed E-state index contributed by atoms with van der Waals surface area (Å²) in [7, 11) is 0. The van der Waals surface area contributed by atoms with Crippen molar-refractivity contribution in [1.82, 2.24) is 0 Å². The van der Waals surface area contributed by atoms with Crippen LogP contribution in [0.3, 0.4) is 0 Å². The van der Waals surface area contributed by atoms with E-state index in [9.17, 15) is 31.1 Å². The second kappa shape index (κ2) is 7.20. The number of halogens is 6. The van der Waals surface area contributed by atoms with E-state index in [4.69, 9.17) is 0 Å². The Bertz CT molecular complexity index is 335. The van der Waals surface area contributed by atoms with E-state index in [0.717, 1.165) is 0 Å². The molecule has 0 spiro atoms. The van der Waals surface area contributed by atoms with Gasteiger partial charge >= 0.3 is 18.5 Å². The maximum atomic E-state index is 11.9. The van der Waals surface area contributed by atoms with Crippen LogP contribution in [0.1, 0.15) is 12.8 Å². The van der Waals surface area contributed by atoms with Crippen molar-refractivity contribution in [2.45, 2.75) is 25.2 Å². The molecule has 0 bridgehead atoms. The molecule has 0 saturated heterocycles. The van der Waals surface area contributed by atoms with E-state index in [-0.39, 0.29) is 0 Å². The summed E-state index contributed by atoms with van der Waals surface area (Å²) in [5.74, 6) is 0. The van der Waals surface area contributed by atoms with Crippen LogP contribution < -0.4 is 0 Å². The van der Waals surface area contributed by atoms with Gasteiger partial charge in [0.25, 0.3) is 0 Å². The van der Waals surface area contributed by atoms with Gasteiger partial charge in [-0.15, -0.1) is 0 Å². The van der Waals surface area contributed by atoms with E-state index in [1.807, 2.05) is 0 Å². The van der Waals surface area contributed by atoms with Gasteiger partial charge in [-0.1, -0.05) is 13.2 Å². The topological polar surface area (TPSA) is 35.5 Å². The first-order chi connectivity index (χ1) is 8.89. The molecule has 0 aromatic carbocycles. The Kier molecular flexibility index (Phi) is 6.60. The van der Waals surface area contributed by atoms with Crippen LogP contribution >= 0.6 is 0 Å². The third kappa shape index (κ3) is 11.4. The Morgan fingerprint density at radius 3 is 1.35 bits per heavy atom. The van der Waals surface area contributed by atoms with Crippen LogP contribution in [-0.4, -0.2) is 31.7 Å². The van der Waals surface area contributed by atoms with Gasteiger partial charge in [0.15, 0.2) is 0 Å². The molecule has 0 aliphatic carbocycles. The van der Waals surface area contributed by atoms with Crippen molar-refractivity contribution in [2.24, 2.45) is 0 Å². The fraction of sp³-hybridized carbons (Fsp3) is 0.545. The Morgan fingerprint density at radius 2 is 1.10 bits per heavy atom. The number of carbonyl (C=O) groups excluding carboxylic acids is 1. The second-order valence-corrected chi connectivity index (χ2v) is 3.91. The maximum absolute atomic E-state index is 11.9. The molecule has 0 radical (unpaired) electrons. The molecule has 0 unspecified atom stereocenters. The van der Waals surface area contributed by atoms with Gasteiger partial charge in [0.05, 0.1) is 12.8 Å². The molecular formula is C11H12F6O3. The van der Waals surface area contributed by atoms with Crippen LogP contribution in [0.4, 0.5) is 31.1 Å². The van der Waals surface area contributed by atoms with Gasteiger partial charge in [0.1, 0.15) is 13.2 Å². The van der Waals surface area contributed by atoms with Gasteiger partial charge in [-0.25, -0.2) is 4.79 Å². The summed E-state index contributed by atoms with van der Waals surface area (Å²) >= 11 is 0. The highest BCUT2D eigenvalue weighted by Crippen LogP contribution is 2.24. The summed E-state index contributed by atoms with van der Waals surface area (Å²) in [6.07, 6.45) is -13.0. The van der Waals surface area contributed by atoms with Crippen molar-refractivity contribution >= 4 is 6.16 Å². The zero-order valence-electron chi connectivity index (χ0n) is 10.2. The first-order valence-corrected chi connectivity index (χ1v) is 5.15. The number of ether oxygens (including phenoxy) is 2. The SMILES string of the molecule is C=C(COC(=O)OCC(=C)CC(F)(F)F)CC(F)(F)F. The molecule has 0 aromatic rings. The van der Waals surface area contributed by atoms with Crippen LogP contribution in [0.15, 0.2) is 24.3 Å². The third-order valence-electron chi connectivity index (χ3n) is 1.69. The highest BCUT2D eigenvalue weighted by atomic mass is 19.4. The zero-order chi connectivity index (χ0) is 16.0. The third-order valence-corrected chi connectivity index (χ3v) is 1.69. The summed E-state index contributed by atoms with van der Waals surface area (Å²) in [5, 5.41) is 0. The molecule has 9 heteroatoms. The Morgan fingerprint density at radius 1 is 0.800 bits per heavy atom. The average molecular weight is 306 g/mol. The van der Waals surface area contributed by atoms with Crippen molar-refractivity contribution in [2.75, 3.05) is 13.2 Å². The van der Waals surface area contributed by atoms with Crippen LogP contribution in [0.2, 0.25) is 0 Å². The van der Waals surface area contributed by atoms with Gasteiger partial charge in [0, 0.05) is 0 Å². The van der Waals surface area contributed by atoms with E-state index in [2.05, 4.69) is 22.6 Å². The van der Waals surface area contributed by atoms with Gasteiger partial charge < -0.3 is 9.47 Å². The second-order valence-electron chi connectivity index (χ2n) is 3.91. The fourth-order valence-corrected chi connectivity index (χ4v) is 1.03. The molecule has 0 aliphatic rings. The van der Waals surface area contributed by atoms with Crippen molar-refractivity contribution in [3.63, 3.8) is 0 Å². The molecule has 0 aromatic heterocycles. The quantitative estimate of drug-likeness (QED) is 0.420. The van der Waals surface area contributed by atoms with Crippen molar-refractivity contribution in [3.05, 3.63) is 24.3 Å². The van der Waals surface area contributed by atoms with E-state index >= 15 is 0 Å². The monoisotopic (exact) mass is 306 g/mol. The first-order valence-electron chi connectivity index (χ1n) is 5.15. The van der Waals surface area contributed by atoms with Crippen LogP contribution in [0.25, 0.3) is 0 Å². The minimum atomic E-state index is -4.48. The van der Waals surface area contributed by atoms with Crippen molar-refractivity contribution < 1.29 is 40.6 Å². The van der Waals surface area contributed by atoms with Crippen molar-refractivity contribution in [3.8, 4) is 0 Å². The molecule has 0 atom stereocenters. The minimum Gasteiger partial charge on any atom is -0.430 e. The Labute approximate surface area is 110 Å². The Balaban J connectivity index is 3.91. The lowest BCUT2D eigenvalue weighted by atomic mass is 10.2. The average Bonchev–Trinajstić information content (AvgIpc) is 2.18. The summed E-state index contributed by atoms with van der Waals surface area (Å²) in [5.41, 5.74) is -0.827. The molecular weight excluding hydrogens is 294 g/mol. The van der Waals surface area contributed by atoms with E-state index in [1.165, 1.54) is 0 Å². The van der Waals surface area contributed by atoms with Crippen LogP contribution in [0, 0.1) is 0 Å². The number of hydrogen-bond acceptors (Lipinski definition) is 3. The van der Waals surface area contributed by atoms with Gasteiger partial charge in [0.2, 0.25) is 0 Å². The predicted molar refractivity (Wildman–Crippen MR) is 56.9 cm³/mol. The van der Waals surface area contributed by atoms with E-state index < -0.39 is 55.7 Å². The number of hydrogen-bond donors (Lipinski definition) is 0. The standard InChI is InChI=1S/C11H12F6O3/c1-7(3-10(12,13)14)5-19-9(18)20-6-8(2)4-11(15,16)17/h1-6H2. The smallest absolute Gasteiger partial charge is 0.430 e. The van der Waals surface area contributed by atoms with Crippen LogP contribution in [-0.2, 0) is 9.47 Å². The Hall–Kier alpha value is -1.67. The van der Waals surface area contributed by atoms with Crippen molar-refractivity contribution in [1.29, 1.82) is 0 Å². The summed E-state index contributed by atoms with van der Waals surface area (Å²) in [6, 6.07) is 0. The molecule has 20 heavy (non-hydrogen) atoms. The molecule has 3 nitrogen and oxygen atoms in total. The lowest BCUT2D eigenvalue weighted by Crippen LogP contribution is -2.16. The molecule has 0 aliphatic heterocycles. The molecule has 0 fully saturated rings. The molecule has 0 heterocycles. The maximum Gasteiger partial charge on any atom is 0.508 e. The van der Waals surface area contributed by atoms with Gasteiger partial charge in [-0.2, -0.15) is 26.3 Å². The van der Waals surface area contributed by atoms with Gasteiger partial charge in [-0.3, -0.25) is 0 Å². The van der Waals surface area contributed by atoms with E-state index in [0.29, 0.717) is 0 Å². The fourth-order valence-electron chi connectivity index (χ4n) is 1.03. The van der Waals surface area contributed by atoms with Gasteiger partial charge in [-0.05, 0) is 11.1 Å². The molecule has 0 N–H and O–H groups in total. The zero-order valence-corrected chi connectivity index (χ0v) is 10.2. The number of carbonyl (C=O) groups is 1. The highest BCUT2D eigenvalue weighted by molar-refractivity contribution is 5.60. The first kappa shape index (κ1) is 18.3. The highest BCUT2D eigenvalue weighted by Gasteiger charge is 2.29. The summed E-state index contributed by atoms with van der Waals surface area (Å²) in [4.78, 5) is 10.9. The number of alkyl halides is 6. The molecule has 0 amide bonds. The lowest BCUT2D eigenvalue weighted by molar-refractivity contribution is -0.128. The minimum absolute atomic E-state index is 0.413. The number of rotatable bonds is 6. The molecule has 116 valence electrons. The summed E-state index contributed by atoms with van der Waals surface area (Å²) in [6.45, 7) is 4.61. The predicted octanol–water partition coefficient (Wildman–Crippen LogP) is 4.16. The summed E-state index contributed by atoms with van der Waals surface area (Å²) < 4.78 is 79.8. The van der Waals surface area contributed by atoms with Crippen LogP contribution in [0.5, 0.6) is 0 Å². The largest absolute Gasteiger partial charge is 0.508 e. The lowest BCUT2D eigenvalue weighted by Gasteiger charge is -2.11. The molecule has 0 rings (SSSR count). The van der Waals surface area contributed by atoms with E-state index in [1.54, 1.807) is 0 Å². The molecule has 0 saturated carbocycles. The normalized spacial score (nSPS) is 11.9.